The molecule has 0 saturated carbocycles. The fourth-order valence-electron chi connectivity index (χ4n) is 3.40. The number of nitrogens with one attached hydrogen (secondary N) is 1. The van der Waals surface area contributed by atoms with Gasteiger partial charge in [0.2, 0.25) is 0 Å². The number of aromatic nitrogens is 3. The van der Waals surface area contributed by atoms with Crippen LogP contribution in [0.2, 0.25) is 0 Å². The molecule has 1 unspecified atom stereocenters. The van der Waals surface area contributed by atoms with Crippen molar-refractivity contribution in [1.82, 2.24) is 19.4 Å². The van der Waals surface area contributed by atoms with Gasteiger partial charge in [-0.15, -0.1) is 0 Å². The first-order valence-corrected chi connectivity index (χ1v) is 7.78. The van der Waals surface area contributed by atoms with E-state index in [0.717, 1.165) is 28.9 Å². The molecule has 4 rings (SSSR count). The lowest BCUT2D eigenvalue weighted by atomic mass is 10.1. The van der Waals surface area contributed by atoms with Gasteiger partial charge in [0.1, 0.15) is 0 Å². The number of imidazole rings is 1. The highest BCUT2D eigenvalue weighted by Gasteiger charge is 2.21. The molecule has 0 bridgehead atoms. The molecule has 1 aliphatic rings. The van der Waals surface area contributed by atoms with E-state index in [1.54, 1.807) is 0 Å². The molecule has 1 N–H and O–H groups in total. The van der Waals surface area contributed by atoms with Gasteiger partial charge in [-0.2, -0.15) is 0 Å². The second-order valence-corrected chi connectivity index (χ2v) is 6.38. The van der Waals surface area contributed by atoms with Crippen LogP contribution in [0.4, 0.5) is 0 Å². The first-order chi connectivity index (χ1) is 10.2. The Morgan fingerprint density at radius 2 is 2.24 bits per heavy atom. The Kier molecular flexibility index (Phi) is 3.05. The molecule has 1 aliphatic heterocycles. The van der Waals surface area contributed by atoms with Gasteiger partial charge in [-0.25, -0.2) is 0 Å². The predicted octanol–water partition coefficient (Wildman–Crippen LogP) is 3.20. The molecule has 3 heterocycles. The molecule has 0 radical (unpaired) electrons. The van der Waals surface area contributed by atoms with Gasteiger partial charge < -0.3 is 14.5 Å². The summed E-state index contributed by atoms with van der Waals surface area (Å²) < 4.78 is 3.07. The normalized spacial score (nSPS) is 19.8. The second kappa shape index (κ2) is 4.93. The molecule has 0 spiro atoms. The van der Waals surface area contributed by atoms with E-state index >= 15 is 0 Å². The topological polar surface area (TPSA) is 36.9 Å². The summed E-state index contributed by atoms with van der Waals surface area (Å²) in [7, 11) is 2.19. The lowest BCUT2D eigenvalue weighted by molar-refractivity contribution is 0.379. The van der Waals surface area contributed by atoms with Crippen molar-refractivity contribution in [3.8, 4) is 0 Å². The monoisotopic (exact) mass is 298 g/mol. The lowest BCUT2D eigenvalue weighted by Crippen LogP contribution is -2.17. The minimum atomic E-state index is 0.674. The molecule has 0 amide bonds. The molecule has 1 saturated heterocycles. The van der Waals surface area contributed by atoms with E-state index in [9.17, 15) is 0 Å². The van der Waals surface area contributed by atoms with Crippen LogP contribution in [0.15, 0.2) is 30.5 Å². The molecule has 1 fully saturated rings. The van der Waals surface area contributed by atoms with Crippen LogP contribution in [0.25, 0.3) is 21.9 Å². The number of hydrogen-bond donors (Lipinski definition) is 1. The van der Waals surface area contributed by atoms with Gasteiger partial charge in [0, 0.05) is 18.5 Å². The first-order valence-electron chi connectivity index (χ1n) is 7.37. The Morgan fingerprint density at radius 3 is 3.05 bits per heavy atom. The molecular weight excluding hydrogens is 280 g/mol. The number of hydrogen-bond acceptors (Lipinski definition) is 3. The number of rotatable bonds is 2. The molecule has 1 aromatic carbocycles. The third-order valence-corrected chi connectivity index (χ3v) is 4.76. The van der Waals surface area contributed by atoms with Crippen molar-refractivity contribution in [2.75, 3.05) is 20.1 Å². The quantitative estimate of drug-likeness (QED) is 0.738. The zero-order valence-electron chi connectivity index (χ0n) is 12.0. The number of nitrogens with zero attached hydrogens (tertiary/aromatic N) is 3. The van der Waals surface area contributed by atoms with Crippen LogP contribution < -0.4 is 0 Å². The van der Waals surface area contributed by atoms with E-state index in [1.807, 2.05) is 12.3 Å². The van der Waals surface area contributed by atoms with Crippen molar-refractivity contribution in [3.05, 3.63) is 35.2 Å². The fourth-order valence-corrected chi connectivity index (χ4v) is 3.68. The number of fused-ring (bicyclic) bond motifs is 3. The van der Waals surface area contributed by atoms with Crippen LogP contribution in [0, 0.1) is 10.7 Å². The minimum absolute atomic E-state index is 0.674. The Balaban J connectivity index is 1.89. The molecule has 108 valence electrons. The van der Waals surface area contributed by atoms with Crippen LogP contribution in [0.3, 0.4) is 0 Å². The Morgan fingerprint density at radius 1 is 1.38 bits per heavy atom. The SMILES string of the molecule is CN1CCC(Cn2c(=S)[nH]c3cnc4ccccc4c32)C1. The fraction of sp³-hybridized carbons (Fsp3) is 0.375. The summed E-state index contributed by atoms with van der Waals surface area (Å²) in [5.74, 6) is 0.674. The molecule has 5 heteroatoms. The van der Waals surface area contributed by atoms with Crippen molar-refractivity contribution in [3.63, 3.8) is 0 Å². The lowest BCUT2D eigenvalue weighted by Gasteiger charge is -2.13. The molecule has 21 heavy (non-hydrogen) atoms. The van der Waals surface area contributed by atoms with Gasteiger partial charge >= 0.3 is 0 Å². The van der Waals surface area contributed by atoms with Crippen molar-refractivity contribution in [1.29, 1.82) is 0 Å². The summed E-state index contributed by atoms with van der Waals surface area (Å²) in [6.07, 6.45) is 3.14. The average Bonchev–Trinajstić information content (AvgIpc) is 3.03. The van der Waals surface area contributed by atoms with Gasteiger partial charge in [-0.1, -0.05) is 18.2 Å². The first kappa shape index (κ1) is 13.0. The van der Waals surface area contributed by atoms with Gasteiger partial charge in [0.25, 0.3) is 0 Å². The average molecular weight is 298 g/mol. The summed E-state index contributed by atoms with van der Waals surface area (Å²) in [4.78, 5) is 10.2. The number of H-pyrrole nitrogens is 1. The van der Waals surface area contributed by atoms with Crippen molar-refractivity contribution >= 4 is 34.2 Å². The summed E-state index contributed by atoms with van der Waals surface area (Å²) in [5.41, 5.74) is 3.25. The standard InChI is InChI=1S/C16H18N4S/c1-19-7-6-11(9-19)10-20-15-12-4-2-3-5-13(12)17-8-14(15)18-16(20)21/h2-5,8,11H,6-7,9-10H2,1H3,(H,18,21). The molecule has 3 aromatic rings. The minimum Gasteiger partial charge on any atom is -0.329 e. The van der Waals surface area contributed by atoms with Crippen LogP contribution in [-0.2, 0) is 6.54 Å². The van der Waals surface area contributed by atoms with E-state index in [2.05, 4.69) is 44.7 Å². The van der Waals surface area contributed by atoms with Crippen LogP contribution in [0.5, 0.6) is 0 Å². The highest BCUT2D eigenvalue weighted by atomic mass is 32.1. The Labute approximate surface area is 128 Å². The van der Waals surface area contributed by atoms with Crippen molar-refractivity contribution in [2.45, 2.75) is 13.0 Å². The van der Waals surface area contributed by atoms with Gasteiger partial charge in [0.05, 0.1) is 22.7 Å². The van der Waals surface area contributed by atoms with E-state index < -0.39 is 0 Å². The Bertz CT molecular complexity index is 863. The number of benzene rings is 1. The number of aromatic amines is 1. The van der Waals surface area contributed by atoms with E-state index in [4.69, 9.17) is 12.2 Å². The summed E-state index contributed by atoms with van der Waals surface area (Å²) in [6, 6.07) is 8.27. The third kappa shape index (κ3) is 2.17. The number of pyridine rings is 1. The molecule has 2 aromatic heterocycles. The predicted molar refractivity (Wildman–Crippen MR) is 88.0 cm³/mol. The van der Waals surface area contributed by atoms with Crippen LogP contribution >= 0.6 is 12.2 Å². The molecule has 4 nitrogen and oxygen atoms in total. The van der Waals surface area contributed by atoms with Crippen molar-refractivity contribution < 1.29 is 0 Å². The van der Waals surface area contributed by atoms with E-state index in [0.29, 0.717) is 5.92 Å². The largest absolute Gasteiger partial charge is 0.329 e. The summed E-state index contributed by atoms with van der Waals surface area (Å²) in [5, 5.41) is 1.17. The summed E-state index contributed by atoms with van der Waals surface area (Å²) >= 11 is 5.55. The zero-order valence-corrected chi connectivity index (χ0v) is 12.9. The number of para-hydroxylation sites is 1. The molecule has 1 atom stereocenters. The second-order valence-electron chi connectivity index (χ2n) is 6.00. The van der Waals surface area contributed by atoms with Crippen LogP contribution in [0.1, 0.15) is 6.42 Å². The van der Waals surface area contributed by atoms with Crippen LogP contribution in [-0.4, -0.2) is 39.6 Å². The maximum Gasteiger partial charge on any atom is 0.178 e. The van der Waals surface area contributed by atoms with E-state index in [-0.39, 0.29) is 0 Å². The maximum absolute atomic E-state index is 5.55. The third-order valence-electron chi connectivity index (χ3n) is 4.43. The van der Waals surface area contributed by atoms with Gasteiger partial charge in [-0.3, -0.25) is 4.98 Å². The highest BCUT2D eigenvalue weighted by Crippen LogP contribution is 2.26. The zero-order chi connectivity index (χ0) is 14.4. The molecular formula is C16H18N4S. The smallest absolute Gasteiger partial charge is 0.178 e. The maximum atomic E-state index is 5.55. The highest BCUT2D eigenvalue weighted by molar-refractivity contribution is 7.71. The van der Waals surface area contributed by atoms with Crippen molar-refractivity contribution in [2.24, 2.45) is 5.92 Å². The van der Waals surface area contributed by atoms with Gasteiger partial charge in [-0.05, 0) is 44.2 Å². The summed E-state index contributed by atoms with van der Waals surface area (Å²) in [6.45, 7) is 3.32. The Hall–Kier alpha value is -1.72. The van der Waals surface area contributed by atoms with Gasteiger partial charge in [0.15, 0.2) is 4.77 Å². The molecule has 0 aliphatic carbocycles. The number of likely N-dealkylation sites (tertiary alicyclic amines) is 1. The van der Waals surface area contributed by atoms with E-state index in [1.165, 1.54) is 23.9 Å².